The predicted molar refractivity (Wildman–Crippen MR) is 254 cm³/mol. The standard InChI is InChI=1S/C53H87NO5/c1-4-7-10-13-16-19-22-24-25-26-28-31-34-37-40-43-46-53(58)59-49(44-41-38-35-32-29-21-18-15-12-9-6-3)47-52(57)54-50(48-55)51(56)45-42-39-36-33-30-27-23-20-17-14-11-8-5-2/h7,9-10,12,15-16,18-19,21,24-25,28-29,31-32,35,38,41,49-51,55-56H,4-6,8,11,13-14,17,20,22-23,26-27,30,33-34,36-37,39-40,42-48H2,1-3H3,(H,54,57)/b10-7+,12-9+,18-15+,19-16+,25-24+,29-21-,31-28+,35-32-,41-38+. The number of carbonyl (C=O) groups is 2. The fourth-order valence-corrected chi connectivity index (χ4v) is 6.44. The van der Waals surface area contributed by atoms with Crippen LogP contribution in [0.4, 0.5) is 0 Å². The maximum atomic E-state index is 13.1. The third-order valence-corrected chi connectivity index (χ3v) is 9.98. The van der Waals surface area contributed by atoms with Gasteiger partial charge in [0.05, 0.1) is 25.2 Å². The van der Waals surface area contributed by atoms with E-state index in [0.29, 0.717) is 19.3 Å². The Hall–Kier alpha value is -3.48. The second-order valence-electron chi connectivity index (χ2n) is 15.5. The lowest BCUT2D eigenvalue weighted by Crippen LogP contribution is -2.46. The lowest BCUT2D eigenvalue weighted by molar-refractivity contribution is -0.150. The maximum absolute atomic E-state index is 13.1. The largest absolute Gasteiger partial charge is 0.461 e. The lowest BCUT2D eigenvalue weighted by atomic mass is 10.0. The van der Waals surface area contributed by atoms with Crippen LogP contribution in [0.2, 0.25) is 0 Å². The molecule has 6 nitrogen and oxygen atoms in total. The first kappa shape index (κ1) is 55.5. The molecule has 0 aromatic carbocycles. The number of unbranched alkanes of at least 4 members (excludes halogenated alkanes) is 15. The Morgan fingerprint density at radius 3 is 1.56 bits per heavy atom. The van der Waals surface area contributed by atoms with Gasteiger partial charge in [0, 0.05) is 12.8 Å². The van der Waals surface area contributed by atoms with Gasteiger partial charge < -0.3 is 20.3 Å². The Balaban J connectivity index is 4.76. The summed E-state index contributed by atoms with van der Waals surface area (Å²) in [6, 6.07) is -0.752. The van der Waals surface area contributed by atoms with Crippen molar-refractivity contribution >= 4 is 11.9 Å². The zero-order chi connectivity index (χ0) is 43.1. The van der Waals surface area contributed by atoms with Crippen LogP contribution in [0.3, 0.4) is 0 Å². The van der Waals surface area contributed by atoms with Crippen LogP contribution in [0.25, 0.3) is 0 Å². The molecule has 0 fully saturated rings. The minimum atomic E-state index is -0.829. The number of esters is 1. The molecule has 0 saturated carbocycles. The van der Waals surface area contributed by atoms with Gasteiger partial charge in [0.2, 0.25) is 5.91 Å². The molecule has 0 bridgehead atoms. The summed E-state index contributed by atoms with van der Waals surface area (Å²) in [5.41, 5.74) is 0. The van der Waals surface area contributed by atoms with Crippen LogP contribution in [0, 0.1) is 0 Å². The van der Waals surface area contributed by atoms with Gasteiger partial charge in [-0.05, 0) is 57.8 Å². The van der Waals surface area contributed by atoms with Gasteiger partial charge in [0.1, 0.15) is 6.10 Å². The van der Waals surface area contributed by atoms with Gasteiger partial charge in [0.15, 0.2) is 0 Å². The van der Waals surface area contributed by atoms with Gasteiger partial charge in [0.25, 0.3) is 0 Å². The monoisotopic (exact) mass is 818 g/mol. The van der Waals surface area contributed by atoms with E-state index in [1.807, 2.05) is 54.7 Å². The molecule has 0 aliphatic heterocycles. The highest BCUT2D eigenvalue weighted by Crippen LogP contribution is 2.15. The number of amides is 1. The number of aliphatic hydroxyl groups is 2. The molecule has 3 unspecified atom stereocenters. The molecule has 59 heavy (non-hydrogen) atoms. The summed E-state index contributed by atoms with van der Waals surface area (Å²) in [4.78, 5) is 26.0. The molecule has 0 aromatic heterocycles. The van der Waals surface area contributed by atoms with Crippen LogP contribution >= 0.6 is 0 Å². The Kier molecular flexibility index (Phi) is 42.9. The van der Waals surface area contributed by atoms with E-state index in [1.54, 1.807) is 0 Å². The van der Waals surface area contributed by atoms with Crippen LogP contribution < -0.4 is 5.32 Å². The average molecular weight is 818 g/mol. The quantitative estimate of drug-likeness (QED) is 0.0248. The van der Waals surface area contributed by atoms with E-state index in [0.717, 1.165) is 77.0 Å². The maximum Gasteiger partial charge on any atom is 0.306 e. The van der Waals surface area contributed by atoms with E-state index in [9.17, 15) is 19.8 Å². The molecule has 0 aliphatic rings. The zero-order valence-corrected chi connectivity index (χ0v) is 37.8. The van der Waals surface area contributed by atoms with Crippen molar-refractivity contribution in [1.82, 2.24) is 5.32 Å². The highest BCUT2D eigenvalue weighted by molar-refractivity contribution is 5.77. The number of nitrogens with one attached hydrogen (secondary N) is 1. The Bertz CT molecular complexity index is 1240. The fourth-order valence-electron chi connectivity index (χ4n) is 6.44. The summed E-state index contributed by atoms with van der Waals surface area (Å²) >= 11 is 0. The van der Waals surface area contributed by atoms with E-state index >= 15 is 0 Å². The SMILES string of the molecule is CC/C=C/C=C/C=C\C=C/C=C/CC(CC(=O)NC(CO)C(O)CCCCCCCCCCCCCCC)OC(=O)CCCCC/C=C/C/C=C/C/C=C/C/C=C/CC. The molecule has 1 amide bonds. The van der Waals surface area contributed by atoms with Gasteiger partial charge in [-0.25, -0.2) is 0 Å². The number of rotatable bonds is 40. The van der Waals surface area contributed by atoms with Crippen molar-refractivity contribution in [1.29, 1.82) is 0 Å². The molecule has 0 aliphatic carbocycles. The topological polar surface area (TPSA) is 95.9 Å². The van der Waals surface area contributed by atoms with Crippen molar-refractivity contribution in [3.8, 4) is 0 Å². The molecular weight excluding hydrogens is 731 g/mol. The molecule has 3 N–H and O–H groups in total. The van der Waals surface area contributed by atoms with E-state index in [4.69, 9.17) is 4.74 Å². The van der Waals surface area contributed by atoms with Gasteiger partial charge >= 0.3 is 5.97 Å². The smallest absolute Gasteiger partial charge is 0.306 e. The molecule has 334 valence electrons. The van der Waals surface area contributed by atoms with Crippen molar-refractivity contribution in [3.63, 3.8) is 0 Å². The molecule has 0 spiro atoms. The summed E-state index contributed by atoms with van der Waals surface area (Å²) in [6.07, 6.45) is 61.7. The molecule has 0 rings (SSSR count). The molecule has 0 aromatic rings. The zero-order valence-electron chi connectivity index (χ0n) is 37.8. The number of carbonyl (C=O) groups excluding carboxylic acids is 2. The number of ether oxygens (including phenoxy) is 1. The van der Waals surface area contributed by atoms with E-state index < -0.39 is 18.2 Å². The van der Waals surface area contributed by atoms with Crippen LogP contribution in [0.5, 0.6) is 0 Å². The third-order valence-electron chi connectivity index (χ3n) is 9.98. The van der Waals surface area contributed by atoms with Gasteiger partial charge in [-0.1, -0.05) is 220 Å². The number of hydrogen-bond acceptors (Lipinski definition) is 5. The summed E-state index contributed by atoms with van der Waals surface area (Å²) < 4.78 is 5.81. The lowest BCUT2D eigenvalue weighted by Gasteiger charge is -2.24. The Labute approximate surface area is 362 Å². The van der Waals surface area contributed by atoms with Gasteiger partial charge in [-0.2, -0.15) is 0 Å². The molecule has 0 saturated heterocycles. The van der Waals surface area contributed by atoms with Crippen LogP contribution in [0.15, 0.2) is 109 Å². The second kappa shape index (κ2) is 45.6. The Morgan fingerprint density at radius 1 is 0.542 bits per heavy atom. The summed E-state index contributed by atoms with van der Waals surface area (Å²) in [5, 5.41) is 23.6. The first-order valence-electron chi connectivity index (χ1n) is 23.7. The van der Waals surface area contributed by atoms with Crippen molar-refractivity contribution in [2.45, 2.75) is 206 Å². The minimum absolute atomic E-state index is 0.0381. The number of aliphatic hydroxyl groups excluding tert-OH is 2. The fraction of sp³-hybridized carbons (Fsp3) is 0.623. The van der Waals surface area contributed by atoms with Crippen molar-refractivity contribution in [2.75, 3.05) is 6.61 Å². The second-order valence-corrected chi connectivity index (χ2v) is 15.5. The van der Waals surface area contributed by atoms with Gasteiger partial charge in [-0.3, -0.25) is 9.59 Å². The van der Waals surface area contributed by atoms with Crippen molar-refractivity contribution in [3.05, 3.63) is 109 Å². The van der Waals surface area contributed by atoms with E-state index in [-0.39, 0.29) is 24.9 Å². The third kappa shape index (κ3) is 41.1. The minimum Gasteiger partial charge on any atom is -0.461 e. The molecule has 6 heteroatoms. The normalized spacial score (nSPS) is 14.3. The van der Waals surface area contributed by atoms with Crippen molar-refractivity contribution < 1.29 is 24.5 Å². The van der Waals surface area contributed by atoms with Gasteiger partial charge in [-0.15, -0.1) is 0 Å². The first-order chi connectivity index (χ1) is 29.0. The molecule has 0 radical (unpaired) electrons. The highest BCUT2D eigenvalue weighted by Gasteiger charge is 2.23. The summed E-state index contributed by atoms with van der Waals surface area (Å²) in [6.45, 7) is 6.15. The summed E-state index contributed by atoms with van der Waals surface area (Å²) in [5.74, 6) is -0.657. The number of allylic oxidation sites excluding steroid dienone is 17. The average Bonchev–Trinajstić information content (AvgIpc) is 3.23. The molecular formula is C53H87NO5. The van der Waals surface area contributed by atoms with Crippen LogP contribution in [-0.2, 0) is 14.3 Å². The highest BCUT2D eigenvalue weighted by atomic mass is 16.5. The van der Waals surface area contributed by atoms with E-state index in [2.05, 4.69) is 80.8 Å². The number of hydrogen-bond donors (Lipinski definition) is 3. The summed E-state index contributed by atoms with van der Waals surface area (Å²) in [7, 11) is 0. The first-order valence-corrected chi connectivity index (χ1v) is 23.7. The van der Waals surface area contributed by atoms with E-state index in [1.165, 1.54) is 64.2 Å². The molecule has 3 atom stereocenters. The van der Waals surface area contributed by atoms with Crippen LogP contribution in [-0.4, -0.2) is 46.9 Å². The van der Waals surface area contributed by atoms with Crippen LogP contribution in [0.1, 0.15) is 188 Å². The predicted octanol–water partition coefficient (Wildman–Crippen LogP) is 13.9. The van der Waals surface area contributed by atoms with Crippen molar-refractivity contribution in [2.24, 2.45) is 0 Å². The molecule has 0 heterocycles. The Morgan fingerprint density at radius 2 is 1.02 bits per heavy atom.